The molecule has 1 N–H and O–H groups in total. The molecule has 1 unspecified atom stereocenters. The smallest absolute Gasteiger partial charge is 0.158 e. The third-order valence-corrected chi connectivity index (χ3v) is 7.82. The van der Waals surface area contributed by atoms with E-state index < -0.39 is 0 Å². The molecular formula is C22H27N5O3S. The van der Waals surface area contributed by atoms with Gasteiger partial charge in [-0.25, -0.2) is 9.61 Å². The predicted molar refractivity (Wildman–Crippen MR) is 118 cm³/mol. The van der Waals surface area contributed by atoms with E-state index in [9.17, 15) is 5.11 Å². The average molecular weight is 442 g/mol. The summed E-state index contributed by atoms with van der Waals surface area (Å²) >= 11 is 1.46. The Morgan fingerprint density at radius 3 is 2.84 bits per heavy atom. The number of ether oxygens (including phenoxy) is 1. The number of fused-ring (bicyclic) bond motifs is 1. The van der Waals surface area contributed by atoms with Gasteiger partial charge in [0.25, 0.3) is 0 Å². The summed E-state index contributed by atoms with van der Waals surface area (Å²) in [5.41, 5.74) is 4.43. The number of thiazole rings is 1. The molecule has 1 aliphatic carbocycles. The van der Waals surface area contributed by atoms with Crippen LogP contribution in [0.5, 0.6) is 0 Å². The van der Waals surface area contributed by atoms with Crippen LogP contribution in [0.4, 0.5) is 5.69 Å². The van der Waals surface area contributed by atoms with Gasteiger partial charge in [-0.2, -0.15) is 0 Å². The lowest BCUT2D eigenvalue weighted by Crippen LogP contribution is -2.55. The highest BCUT2D eigenvalue weighted by molar-refractivity contribution is 7.09. The zero-order chi connectivity index (χ0) is 20.8. The monoisotopic (exact) mass is 441 g/mol. The molecule has 9 heteroatoms. The first-order valence-corrected chi connectivity index (χ1v) is 12.1. The highest BCUT2D eigenvalue weighted by Gasteiger charge is 2.35. The van der Waals surface area contributed by atoms with Crippen LogP contribution in [0.25, 0.3) is 22.3 Å². The number of hydrogen-bond donors (Lipinski definition) is 1. The lowest BCUT2D eigenvalue weighted by atomic mass is 9.80. The van der Waals surface area contributed by atoms with Crippen molar-refractivity contribution in [3.05, 3.63) is 22.5 Å². The molecule has 3 aromatic rings. The third kappa shape index (κ3) is 3.73. The minimum Gasteiger partial charge on any atom is -0.389 e. The second-order valence-electron chi connectivity index (χ2n) is 9.04. The third-order valence-electron chi connectivity index (χ3n) is 6.99. The Morgan fingerprint density at radius 2 is 2.06 bits per heavy atom. The Kier molecular flexibility index (Phi) is 5.14. The second kappa shape index (κ2) is 8.12. The maximum atomic E-state index is 9.34. The van der Waals surface area contributed by atoms with Crippen molar-refractivity contribution < 1.29 is 14.5 Å². The van der Waals surface area contributed by atoms with Crippen molar-refractivity contribution >= 4 is 28.1 Å². The van der Waals surface area contributed by atoms with Gasteiger partial charge in [0.1, 0.15) is 10.5 Å². The summed E-state index contributed by atoms with van der Waals surface area (Å²) in [6.45, 7) is 6.12. The summed E-state index contributed by atoms with van der Waals surface area (Å²) in [6.07, 6.45) is 4.49. The zero-order valence-electron chi connectivity index (χ0n) is 17.4. The van der Waals surface area contributed by atoms with Gasteiger partial charge in [-0.15, -0.1) is 11.3 Å². The molecule has 0 amide bonds. The predicted octanol–water partition coefficient (Wildman–Crippen LogP) is 2.78. The molecule has 1 atom stereocenters. The van der Waals surface area contributed by atoms with Crippen LogP contribution in [0.3, 0.4) is 0 Å². The number of aromatic nitrogens is 3. The van der Waals surface area contributed by atoms with E-state index in [0.717, 1.165) is 73.2 Å². The van der Waals surface area contributed by atoms with Gasteiger partial charge in [-0.1, -0.05) is 6.42 Å². The van der Waals surface area contributed by atoms with Crippen LogP contribution in [0, 0.1) is 11.8 Å². The maximum absolute atomic E-state index is 9.34. The first-order chi connectivity index (χ1) is 15.3. The Morgan fingerprint density at radius 1 is 1.16 bits per heavy atom. The molecule has 1 saturated carbocycles. The van der Waals surface area contributed by atoms with Gasteiger partial charge in [0.05, 0.1) is 30.7 Å². The molecule has 0 radical (unpaired) electrons. The molecule has 164 valence electrons. The number of rotatable bonds is 6. The number of aliphatic hydroxyl groups is 1. The van der Waals surface area contributed by atoms with Crippen LogP contribution in [0.2, 0.25) is 0 Å². The van der Waals surface area contributed by atoms with Crippen LogP contribution in [-0.4, -0.2) is 70.7 Å². The van der Waals surface area contributed by atoms with Gasteiger partial charge in [-0.3, -0.25) is 4.90 Å². The van der Waals surface area contributed by atoms with E-state index in [0.29, 0.717) is 17.0 Å². The van der Waals surface area contributed by atoms with Crippen LogP contribution in [0.15, 0.2) is 22.1 Å². The molecule has 2 aliphatic heterocycles. The van der Waals surface area contributed by atoms with Gasteiger partial charge in [0.15, 0.2) is 5.52 Å². The molecular weight excluding hydrogens is 414 g/mol. The Labute approximate surface area is 184 Å². The Hall–Kier alpha value is -2.07. The van der Waals surface area contributed by atoms with E-state index >= 15 is 0 Å². The molecule has 3 aliphatic rings. The number of anilines is 1. The van der Waals surface area contributed by atoms with Crippen molar-refractivity contribution in [3.63, 3.8) is 0 Å². The summed E-state index contributed by atoms with van der Waals surface area (Å²) < 4.78 is 11.1. The summed E-state index contributed by atoms with van der Waals surface area (Å²) in [5, 5.41) is 20.3. The largest absolute Gasteiger partial charge is 0.389 e. The molecule has 4 heterocycles. The number of nitrogens with zero attached hydrogens (tertiary/aromatic N) is 5. The average Bonchev–Trinajstić information content (AvgIpc) is 3.38. The van der Waals surface area contributed by atoms with E-state index in [2.05, 4.69) is 31.2 Å². The first kappa shape index (κ1) is 19.6. The quantitative estimate of drug-likeness (QED) is 0.625. The van der Waals surface area contributed by atoms with Crippen molar-refractivity contribution in [3.8, 4) is 11.3 Å². The summed E-state index contributed by atoms with van der Waals surface area (Å²) in [5.74, 6) is 1.44. The van der Waals surface area contributed by atoms with Crippen molar-refractivity contribution in [1.82, 2.24) is 20.2 Å². The van der Waals surface area contributed by atoms with E-state index in [-0.39, 0.29) is 6.61 Å². The van der Waals surface area contributed by atoms with E-state index in [1.54, 1.807) is 0 Å². The molecule has 2 aromatic heterocycles. The van der Waals surface area contributed by atoms with Crippen LogP contribution in [-0.2, 0) is 11.3 Å². The van der Waals surface area contributed by atoms with Gasteiger partial charge >= 0.3 is 0 Å². The van der Waals surface area contributed by atoms with Crippen molar-refractivity contribution in [1.29, 1.82) is 0 Å². The first-order valence-electron chi connectivity index (χ1n) is 11.2. The van der Waals surface area contributed by atoms with E-state index in [4.69, 9.17) is 9.37 Å². The topological polar surface area (TPSA) is 87.8 Å². The normalized spacial score (nSPS) is 23.3. The van der Waals surface area contributed by atoms with E-state index in [1.165, 1.54) is 30.6 Å². The molecule has 31 heavy (non-hydrogen) atoms. The number of hydrogen-bond acceptors (Lipinski definition) is 9. The molecule has 6 rings (SSSR count). The fourth-order valence-electron chi connectivity index (χ4n) is 5.02. The van der Waals surface area contributed by atoms with Gasteiger partial charge < -0.3 is 14.7 Å². The van der Waals surface area contributed by atoms with Crippen LogP contribution >= 0.6 is 11.3 Å². The van der Waals surface area contributed by atoms with Crippen molar-refractivity contribution in [2.45, 2.75) is 32.0 Å². The summed E-state index contributed by atoms with van der Waals surface area (Å²) in [4.78, 5) is 9.48. The molecule has 3 fully saturated rings. The van der Waals surface area contributed by atoms with Crippen LogP contribution < -0.4 is 4.90 Å². The Balaban J connectivity index is 1.14. The van der Waals surface area contributed by atoms with Gasteiger partial charge in [0, 0.05) is 49.6 Å². The molecule has 2 saturated heterocycles. The Bertz CT molecular complexity index is 1060. The van der Waals surface area contributed by atoms with Crippen LogP contribution in [0.1, 0.15) is 24.3 Å². The number of benzene rings is 1. The highest BCUT2D eigenvalue weighted by Crippen LogP contribution is 2.36. The summed E-state index contributed by atoms with van der Waals surface area (Å²) in [6, 6.07) is 4.08. The number of morpholine rings is 1. The highest BCUT2D eigenvalue weighted by atomic mass is 32.1. The second-order valence-corrected chi connectivity index (χ2v) is 9.99. The standard InChI is InChI=1S/C22H27N5O3S/c28-12-21-23-18(13-31-21)16-6-17-22(25-30-24-17)19(7-16)27-9-14(10-27)8-26-4-5-29-20(11-26)15-2-1-3-15/h6-7,13-15,20,28H,1-5,8-12H2. The lowest BCUT2D eigenvalue weighted by molar-refractivity contribution is -0.0779. The maximum Gasteiger partial charge on any atom is 0.158 e. The van der Waals surface area contributed by atoms with Crippen molar-refractivity contribution in [2.75, 3.05) is 44.2 Å². The zero-order valence-corrected chi connectivity index (χ0v) is 18.3. The van der Waals surface area contributed by atoms with Gasteiger partial charge in [0.2, 0.25) is 0 Å². The van der Waals surface area contributed by atoms with Gasteiger partial charge in [-0.05, 0) is 41.2 Å². The number of aliphatic hydroxyl groups excluding tert-OH is 1. The fourth-order valence-corrected chi connectivity index (χ4v) is 5.68. The molecule has 1 aromatic carbocycles. The summed E-state index contributed by atoms with van der Waals surface area (Å²) in [7, 11) is 0. The SMILES string of the molecule is OCc1nc(-c2cc(N3CC(CN4CCOC(C5CCC5)C4)C3)c3nonc3c2)cs1. The minimum atomic E-state index is -0.0395. The molecule has 8 nitrogen and oxygen atoms in total. The minimum absolute atomic E-state index is 0.0395. The fraction of sp³-hybridized carbons (Fsp3) is 0.591. The van der Waals surface area contributed by atoms with Crippen molar-refractivity contribution in [2.24, 2.45) is 11.8 Å². The van der Waals surface area contributed by atoms with E-state index in [1.807, 2.05) is 11.4 Å². The molecule has 0 bridgehead atoms. The molecule has 0 spiro atoms. The lowest BCUT2D eigenvalue weighted by Gasteiger charge is -2.46.